The summed E-state index contributed by atoms with van der Waals surface area (Å²) in [6, 6.07) is 6.62. The van der Waals surface area contributed by atoms with Crippen molar-refractivity contribution in [3.63, 3.8) is 0 Å². The summed E-state index contributed by atoms with van der Waals surface area (Å²) < 4.78 is 0. The minimum absolute atomic E-state index is 0.218. The fourth-order valence-corrected chi connectivity index (χ4v) is 1.62. The largest absolute Gasteiger partial charge is 0.351 e. The Morgan fingerprint density at radius 3 is 2.27 bits per heavy atom. The molecule has 0 amide bonds. The number of hydrogen-bond donors (Lipinski definition) is 0. The van der Waals surface area contributed by atoms with Gasteiger partial charge in [0.05, 0.1) is 0 Å². The first kappa shape index (κ1) is 11.8. The van der Waals surface area contributed by atoms with Gasteiger partial charge in [-0.2, -0.15) is 0 Å². The van der Waals surface area contributed by atoms with E-state index >= 15 is 0 Å². The molecule has 0 aliphatic rings. The number of hydrogen-bond acceptors (Lipinski definition) is 1. The van der Waals surface area contributed by atoms with Gasteiger partial charge in [0.25, 0.3) is 0 Å². The van der Waals surface area contributed by atoms with Crippen LogP contribution in [0.5, 0.6) is 0 Å². The zero-order valence-electron chi connectivity index (χ0n) is 10.5. The van der Waals surface area contributed by atoms with Crippen LogP contribution in [0.15, 0.2) is 31.0 Å². The van der Waals surface area contributed by atoms with Gasteiger partial charge in [-0.3, -0.25) is 0 Å². The first-order valence-corrected chi connectivity index (χ1v) is 5.33. The highest BCUT2D eigenvalue weighted by molar-refractivity contribution is 5.56. The summed E-state index contributed by atoms with van der Waals surface area (Å²) >= 11 is 0. The normalized spacial score (nSPS) is 11.3. The Bertz CT molecular complexity index is 358. The Labute approximate surface area is 93.4 Å². The van der Waals surface area contributed by atoms with E-state index < -0.39 is 0 Å². The molecule has 1 nitrogen and oxygen atoms in total. The Morgan fingerprint density at radius 1 is 1.27 bits per heavy atom. The highest BCUT2D eigenvalue weighted by Crippen LogP contribution is 2.27. The molecule has 0 aliphatic heterocycles. The molecule has 0 fully saturated rings. The van der Waals surface area contributed by atoms with Crippen LogP contribution >= 0.6 is 0 Å². The summed E-state index contributed by atoms with van der Waals surface area (Å²) in [4.78, 5) is 2.04. The topological polar surface area (TPSA) is 3.24 Å². The zero-order chi connectivity index (χ0) is 11.6. The van der Waals surface area contributed by atoms with Crippen LogP contribution in [0, 0.1) is 6.92 Å². The van der Waals surface area contributed by atoms with Crippen LogP contribution in [0.4, 0.5) is 5.69 Å². The summed E-state index contributed by atoms with van der Waals surface area (Å²) in [6.07, 6.45) is 1.83. The summed E-state index contributed by atoms with van der Waals surface area (Å²) in [5.74, 6) is 0. The van der Waals surface area contributed by atoms with Crippen LogP contribution in [0.3, 0.4) is 0 Å². The number of aryl methyl sites for hydroxylation is 1. The number of benzene rings is 1. The van der Waals surface area contributed by atoms with Crippen molar-refractivity contribution in [3.05, 3.63) is 42.1 Å². The first-order chi connectivity index (χ1) is 6.86. The van der Waals surface area contributed by atoms with E-state index in [-0.39, 0.29) is 5.41 Å². The minimum atomic E-state index is 0.218. The van der Waals surface area contributed by atoms with Gasteiger partial charge in [-0.05, 0) is 35.7 Å². The van der Waals surface area contributed by atoms with Crippen molar-refractivity contribution in [2.24, 2.45) is 0 Å². The summed E-state index contributed by atoms with van der Waals surface area (Å²) in [5, 5.41) is 0. The van der Waals surface area contributed by atoms with Crippen molar-refractivity contribution in [2.45, 2.75) is 33.1 Å². The highest BCUT2D eigenvalue weighted by Gasteiger charge is 2.14. The molecule has 0 saturated heterocycles. The van der Waals surface area contributed by atoms with Crippen LogP contribution in [0.25, 0.3) is 0 Å². The SMILES string of the molecule is C=CN(C)c1ccc(C(C)(C)C)cc1C. The Kier molecular flexibility index (Phi) is 3.23. The Hall–Kier alpha value is -1.24. The van der Waals surface area contributed by atoms with Gasteiger partial charge in [0.1, 0.15) is 0 Å². The molecule has 0 saturated carbocycles. The third-order valence-electron chi connectivity index (χ3n) is 2.72. The molecule has 0 heterocycles. The van der Waals surface area contributed by atoms with E-state index in [1.807, 2.05) is 18.1 Å². The molecule has 0 spiro atoms. The van der Waals surface area contributed by atoms with Gasteiger partial charge < -0.3 is 4.90 Å². The predicted molar refractivity (Wildman–Crippen MR) is 68.5 cm³/mol. The third kappa shape index (κ3) is 2.62. The maximum Gasteiger partial charge on any atom is 0.0433 e. The van der Waals surface area contributed by atoms with E-state index in [1.165, 1.54) is 16.8 Å². The van der Waals surface area contributed by atoms with Gasteiger partial charge in [0.15, 0.2) is 0 Å². The van der Waals surface area contributed by atoms with Crippen molar-refractivity contribution in [2.75, 3.05) is 11.9 Å². The molecule has 0 bridgehead atoms. The highest BCUT2D eigenvalue weighted by atomic mass is 15.1. The summed E-state index contributed by atoms with van der Waals surface area (Å²) in [6.45, 7) is 12.6. The maximum atomic E-state index is 3.78. The Morgan fingerprint density at radius 2 is 1.87 bits per heavy atom. The number of nitrogens with zero attached hydrogens (tertiary/aromatic N) is 1. The molecule has 15 heavy (non-hydrogen) atoms. The minimum Gasteiger partial charge on any atom is -0.351 e. The van der Waals surface area contributed by atoms with Gasteiger partial charge >= 0.3 is 0 Å². The van der Waals surface area contributed by atoms with E-state index in [0.29, 0.717) is 0 Å². The zero-order valence-corrected chi connectivity index (χ0v) is 10.5. The third-order valence-corrected chi connectivity index (χ3v) is 2.72. The molecule has 0 aliphatic carbocycles. The number of anilines is 1. The maximum absolute atomic E-state index is 3.78. The molecule has 0 radical (unpaired) electrons. The lowest BCUT2D eigenvalue weighted by atomic mass is 9.86. The molecule has 0 N–H and O–H groups in total. The van der Waals surface area contributed by atoms with Crippen LogP contribution in [-0.2, 0) is 5.41 Å². The Balaban J connectivity index is 3.14. The number of rotatable bonds is 2. The summed E-state index contributed by atoms with van der Waals surface area (Å²) in [7, 11) is 2.02. The van der Waals surface area contributed by atoms with Crippen molar-refractivity contribution >= 4 is 5.69 Å². The van der Waals surface area contributed by atoms with Gasteiger partial charge in [-0.15, -0.1) is 0 Å². The monoisotopic (exact) mass is 203 g/mol. The summed E-state index contributed by atoms with van der Waals surface area (Å²) in [5.41, 5.74) is 4.11. The molecule has 0 unspecified atom stereocenters. The van der Waals surface area contributed by atoms with Crippen LogP contribution in [0.2, 0.25) is 0 Å². The van der Waals surface area contributed by atoms with Gasteiger partial charge in [0.2, 0.25) is 0 Å². The second kappa shape index (κ2) is 4.09. The van der Waals surface area contributed by atoms with Gasteiger partial charge in [0, 0.05) is 12.7 Å². The predicted octanol–water partition coefficient (Wildman–Crippen LogP) is 3.87. The van der Waals surface area contributed by atoms with Crippen molar-refractivity contribution < 1.29 is 0 Å². The molecular formula is C14H21N. The van der Waals surface area contributed by atoms with Crippen molar-refractivity contribution in [3.8, 4) is 0 Å². The molecule has 0 aromatic heterocycles. The van der Waals surface area contributed by atoms with Crippen LogP contribution < -0.4 is 4.90 Å². The molecule has 1 rings (SSSR count). The van der Waals surface area contributed by atoms with E-state index in [2.05, 4.69) is 52.5 Å². The average Bonchev–Trinajstić information content (AvgIpc) is 2.15. The quantitative estimate of drug-likeness (QED) is 0.705. The molecule has 1 aromatic carbocycles. The van der Waals surface area contributed by atoms with Crippen LogP contribution in [0.1, 0.15) is 31.9 Å². The van der Waals surface area contributed by atoms with E-state index in [1.54, 1.807) is 0 Å². The molecular weight excluding hydrogens is 182 g/mol. The van der Waals surface area contributed by atoms with E-state index in [9.17, 15) is 0 Å². The molecule has 1 heteroatoms. The van der Waals surface area contributed by atoms with E-state index in [4.69, 9.17) is 0 Å². The smallest absolute Gasteiger partial charge is 0.0433 e. The molecule has 0 atom stereocenters. The fourth-order valence-electron chi connectivity index (χ4n) is 1.62. The van der Waals surface area contributed by atoms with Gasteiger partial charge in [-0.25, -0.2) is 0 Å². The fraction of sp³-hybridized carbons (Fsp3) is 0.429. The second-order valence-electron chi connectivity index (χ2n) is 5.04. The first-order valence-electron chi connectivity index (χ1n) is 5.33. The van der Waals surface area contributed by atoms with E-state index in [0.717, 1.165) is 0 Å². The lowest BCUT2D eigenvalue weighted by Crippen LogP contribution is -2.13. The van der Waals surface area contributed by atoms with Crippen molar-refractivity contribution in [1.82, 2.24) is 0 Å². The molecule has 82 valence electrons. The average molecular weight is 203 g/mol. The second-order valence-corrected chi connectivity index (χ2v) is 5.04. The standard InChI is InChI=1S/C14H21N/c1-7-15(6)13-9-8-12(10-11(13)2)14(3,4)5/h7-10H,1H2,2-6H3. The lowest BCUT2D eigenvalue weighted by molar-refractivity contribution is 0.590. The van der Waals surface area contributed by atoms with Crippen LogP contribution in [-0.4, -0.2) is 7.05 Å². The van der Waals surface area contributed by atoms with Gasteiger partial charge in [-0.1, -0.05) is 39.5 Å². The lowest BCUT2D eigenvalue weighted by Gasteiger charge is -2.23. The van der Waals surface area contributed by atoms with Crippen molar-refractivity contribution in [1.29, 1.82) is 0 Å². The molecule has 1 aromatic rings.